The molecule has 2 aromatic rings. The lowest BCUT2D eigenvalue weighted by Crippen LogP contribution is -2.04. The molecule has 5 nitrogen and oxygen atoms in total. The third-order valence-electron chi connectivity index (χ3n) is 2.88. The van der Waals surface area contributed by atoms with Crippen molar-refractivity contribution >= 4 is 23.8 Å². The van der Waals surface area contributed by atoms with Crippen molar-refractivity contribution in [3.8, 4) is 5.75 Å². The van der Waals surface area contributed by atoms with Crippen LogP contribution in [-0.4, -0.2) is 32.5 Å². The average molecular weight is 334 g/mol. The molecule has 2 rings (SSSR count). The van der Waals surface area contributed by atoms with Gasteiger partial charge in [0.15, 0.2) is 6.61 Å². The minimum atomic E-state index is -0.374. The number of rotatable bonds is 7. The standard InChI is InChI=1S/C17H16ClNO4/c1-21-17(20)14-8-6-13(7-9-14)12-19-23-11-10-22-16-5-3-2-4-15(16)18/h2-9,12H,10-11H2,1H3/b19-12+. The number of methoxy groups -OCH3 is 1. The number of hydrogen-bond acceptors (Lipinski definition) is 5. The van der Waals surface area contributed by atoms with Gasteiger partial charge in [-0.2, -0.15) is 0 Å². The monoisotopic (exact) mass is 333 g/mol. The van der Waals surface area contributed by atoms with Crippen molar-refractivity contribution in [3.63, 3.8) is 0 Å². The molecule has 0 aliphatic rings. The minimum absolute atomic E-state index is 0.294. The third-order valence-corrected chi connectivity index (χ3v) is 3.19. The van der Waals surface area contributed by atoms with E-state index in [-0.39, 0.29) is 5.97 Å². The van der Waals surface area contributed by atoms with Gasteiger partial charge in [-0.05, 0) is 29.8 Å². The van der Waals surface area contributed by atoms with Gasteiger partial charge in [-0.3, -0.25) is 0 Å². The Kier molecular flexibility index (Phi) is 6.44. The second kappa shape index (κ2) is 8.80. The van der Waals surface area contributed by atoms with Crippen LogP contribution in [0.3, 0.4) is 0 Å². The molecule has 120 valence electrons. The minimum Gasteiger partial charge on any atom is -0.488 e. The Balaban J connectivity index is 1.72. The molecule has 0 N–H and O–H groups in total. The maximum atomic E-state index is 11.3. The van der Waals surface area contributed by atoms with Crippen molar-refractivity contribution < 1.29 is 19.1 Å². The van der Waals surface area contributed by atoms with Crippen LogP contribution in [0.4, 0.5) is 0 Å². The highest BCUT2D eigenvalue weighted by atomic mass is 35.5. The zero-order chi connectivity index (χ0) is 16.5. The number of para-hydroxylation sites is 1. The summed E-state index contributed by atoms with van der Waals surface area (Å²) in [5, 5.41) is 4.39. The molecule has 0 aliphatic heterocycles. The Morgan fingerprint density at radius 2 is 1.87 bits per heavy atom. The van der Waals surface area contributed by atoms with Crippen LogP contribution in [-0.2, 0) is 9.57 Å². The number of nitrogens with zero attached hydrogens (tertiary/aromatic N) is 1. The van der Waals surface area contributed by atoms with Gasteiger partial charge in [0.1, 0.15) is 12.4 Å². The first-order valence-corrected chi connectivity index (χ1v) is 7.29. The molecule has 6 heteroatoms. The fourth-order valence-corrected chi connectivity index (χ4v) is 1.91. The summed E-state index contributed by atoms with van der Waals surface area (Å²) < 4.78 is 10.1. The van der Waals surface area contributed by atoms with Gasteiger partial charge < -0.3 is 14.3 Å². The van der Waals surface area contributed by atoms with E-state index in [1.54, 1.807) is 42.6 Å². The molecule has 0 spiro atoms. The van der Waals surface area contributed by atoms with E-state index in [0.29, 0.717) is 29.5 Å². The lowest BCUT2D eigenvalue weighted by molar-refractivity contribution is 0.0600. The van der Waals surface area contributed by atoms with Crippen LogP contribution in [0.15, 0.2) is 53.7 Å². The van der Waals surface area contributed by atoms with Crippen molar-refractivity contribution in [2.75, 3.05) is 20.3 Å². The van der Waals surface area contributed by atoms with Crippen molar-refractivity contribution in [2.24, 2.45) is 5.16 Å². The van der Waals surface area contributed by atoms with Gasteiger partial charge in [-0.15, -0.1) is 0 Å². The molecule has 23 heavy (non-hydrogen) atoms. The fraction of sp³-hybridized carbons (Fsp3) is 0.176. The predicted octanol–water partition coefficient (Wildman–Crippen LogP) is 3.56. The molecule has 0 saturated heterocycles. The summed E-state index contributed by atoms with van der Waals surface area (Å²) in [5.41, 5.74) is 1.29. The molecule has 0 aliphatic carbocycles. The predicted molar refractivity (Wildman–Crippen MR) is 88.3 cm³/mol. The molecule has 0 amide bonds. The summed E-state index contributed by atoms with van der Waals surface area (Å²) in [5.74, 6) is 0.238. The van der Waals surface area contributed by atoms with Crippen molar-refractivity contribution in [1.82, 2.24) is 0 Å². The molecule has 0 fully saturated rings. The zero-order valence-electron chi connectivity index (χ0n) is 12.6. The summed E-state index contributed by atoms with van der Waals surface area (Å²) in [6, 6.07) is 14.0. The van der Waals surface area contributed by atoms with Gasteiger partial charge in [0, 0.05) is 0 Å². The number of esters is 1. The van der Waals surface area contributed by atoms with E-state index in [9.17, 15) is 4.79 Å². The molecule has 0 heterocycles. The summed E-state index contributed by atoms with van der Waals surface area (Å²) in [6.45, 7) is 0.629. The van der Waals surface area contributed by atoms with E-state index in [1.807, 2.05) is 12.1 Å². The number of hydrogen-bond donors (Lipinski definition) is 0. The Labute approximate surface area is 139 Å². The SMILES string of the molecule is COC(=O)c1ccc(/C=N/OCCOc2ccccc2Cl)cc1. The molecular weight excluding hydrogens is 318 g/mol. The summed E-state index contributed by atoms with van der Waals surface area (Å²) in [4.78, 5) is 16.4. The normalized spacial score (nSPS) is 10.5. The number of carbonyl (C=O) groups is 1. The summed E-state index contributed by atoms with van der Waals surface area (Å²) >= 11 is 5.96. The van der Waals surface area contributed by atoms with Gasteiger partial charge in [-0.1, -0.05) is 41.0 Å². The van der Waals surface area contributed by atoms with Crippen LogP contribution < -0.4 is 4.74 Å². The number of ether oxygens (including phenoxy) is 2. The van der Waals surface area contributed by atoms with Crippen LogP contribution >= 0.6 is 11.6 Å². The lowest BCUT2D eigenvalue weighted by Gasteiger charge is -2.06. The van der Waals surface area contributed by atoms with Crippen LogP contribution in [0.1, 0.15) is 15.9 Å². The van der Waals surface area contributed by atoms with E-state index in [1.165, 1.54) is 7.11 Å². The molecule has 0 bridgehead atoms. The highest BCUT2D eigenvalue weighted by Crippen LogP contribution is 2.22. The van der Waals surface area contributed by atoms with E-state index in [0.717, 1.165) is 5.56 Å². The summed E-state index contributed by atoms with van der Waals surface area (Å²) in [7, 11) is 1.34. The van der Waals surface area contributed by atoms with Crippen LogP contribution in [0.2, 0.25) is 5.02 Å². The molecule has 0 aromatic heterocycles. The maximum absolute atomic E-state index is 11.3. The Morgan fingerprint density at radius 1 is 1.13 bits per heavy atom. The van der Waals surface area contributed by atoms with Gasteiger partial charge in [0.25, 0.3) is 0 Å². The Bertz CT molecular complexity index is 671. The van der Waals surface area contributed by atoms with Crippen LogP contribution in [0.5, 0.6) is 5.75 Å². The first-order chi connectivity index (χ1) is 11.2. The average Bonchev–Trinajstić information content (AvgIpc) is 2.59. The molecule has 2 aromatic carbocycles. The Morgan fingerprint density at radius 3 is 2.57 bits per heavy atom. The Hall–Kier alpha value is -2.53. The van der Waals surface area contributed by atoms with E-state index in [4.69, 9.17) is 21.2 Å². The largest absolute Gasteiger partial charge is 0.488 e. The first kappa shape index (κ1) is 16.8. The molecule has 0 atom stereocenters. The van der Waals surface area contributed by atoms with Crippen molar-refractivity contribution in [2.45, 2.75) is 0 Å². The van der Waals surface area contributed by atoms with Gasteiger partial charge in [0.05, 0.1) is 23.9 Å². The zero-order valence-corrected chi connectivity index (χ0v) is 13.3. The number of halogens is 1. The van der Waals surface area contributed by atoms with E-state index in [2.05, 4.69) is 9.89 Å². The highest BCUT2D eigenvalue weighted by Gasteiger charge is 2.03. The van der Waals surface area contributed by atoms with Crippen LogP contribution in [0.25, 0.3) is 0 Å². The van der Waals surface area contributed by atoms with Crippen molar-refractivity contribution in [3.05, 3.63) is 64.7 Å². The third kappa shape index (κ3) is 5.30. The first-order valence-electron chi connectivity index (χ1n) is 6.92. The molecular formula is C17H16ClNO4. The van der Waals surface area contributed by atoms with Gasteiger partial charge >= 0.3 is 5.97 Å². The summed E-state index contributed by atoms with van der Waals surface area (Å²) in [6.07, 6.45) is 1.55. The second-order valence-corrected chi connectivity index (χ2v) is 4.87. The van der Waals surface area contributed by atoms with Crippen LogP contribution in [0, 0.1) is 0 Å². The van der Waals surface area contributed by atoms with Gasteiger partial charge in [0.2, 0.25) is 0 Å². The highest BCUT2D eigenvalue weighted by molar-refractivity contribution is 6.32. The number of carbonyl (C=O) groups excluding carboxylic acids is 1. The maximum Gasteiger partial charge on any atom is 0.337 e. The lowest BCUT2D eigenvalue weighted by atomic mass is 10.1. The molecule has 0 radical (unpaired) electrons. The van der Waals surface area contributed by atoms with E-state index < -0.39 is 0 Å². The fourth-order valence-electron chi connectivity index (χ4n) is 1.72. The topological polar surface area (TPSA) is 57.1 Å². The van der Waals surface area contributed by atoms with Gasteiger partial charge in [-0.25, -0.2) is 4.79 Å². The molecule has 0 saturated carbocycles. The van der Waals surface area contributed by atoms with Crippen molar-refractivity contribution in [1.29, 1.82) is 0 Å². The smallest absolute Gasteiger partial charge is 0.337 e. The van der Waals surface area contributed by atoms with E-state index >= 15 is 0 Å². The number of oxime groups is 1. The number of benzene rings is 2. The quantitative estimate of drug-likeness (QED) is 0.336. The molecule has 0 unspecified atom stereocenters. The second-order valence-electron chi connectivity index (χ2n) is 4.46.